The van der Waals surface area contributed by atoms with Crippen LogP contribution in [0.5, 0.6) is 5.75 Å². The average Bonchev–Trinajstić information content (AvgIpc) is 3.14. The van der Waals surface area contributed by atoms with E-state index in [-0.39, 0.29) is 11.6 Å². The van der Waals surface area contributed by atoms with E-state index in [1.807, 2.05) is 12.1 Å². The molecule has 8 nitrogen and oxygen atoms in total. The highest BCUT2D eigenvalue weighted by atomic mass is 19.1. The van der Waals surface area contributed by atoms with Gasteiger partial charge in [-0.3, -0.25) is 4.79 Å². The molecule has 3 heterocycles. The summed E-state index contributed by atoms with van der Waals surface area (Å²) in [5, 5.41) is 8.04. The molecule has 0 aliphatic carbocycles. The highest BCUT2D eigenvalue weighted by Gasteiger charge is 2.16. The van der Waals surface area contributed by atoms with Crippen molar-refractivity contribution in [2.45, 2.75) is 0 Å². The number of methoxy groups -OCH3 is 1. The van der Waals surface area contributed by atoms with Crippen molar-refractivity contribution in [3.63, 3.8) is 0 Å². The molecule has 5 aromatic rings. The Hall–Kier alpha value is -4.40. The molecule has 152 valence electrons. The lowest BCUT2D eigenvalue weighted by molar-refractivity contribution is 0.415. The zero-order chi connectivity index (χ0) is 21.4. The van der Waals surface area contributed by atoms with E-state index in [0.717, 1.165) is 5.56 Å². The van der Waals surface area contributed by atoms with Gasteiger partial charge in [-0.05, 0) is 54.6 Å². The maximum atomic E-state index is 14.0. The summed E-state index contributed by atoms with van der Waals surface area (Å²) in [6.45, 7) is 0. The summed E-state index contributed by atoms with van der Waals surface area (Å²) in [7, 11) is 1.59. The molecule has 0 aliphatic rings. The number of halogens is 1. The van der Waals surface area contributed by atoms with Crippen molar-refractivity contribution in [2.24, 2.45) is 0 Å². The summed E-state index contributed by atoms with van der Waals surface area (Å²) in [5.41, 5.74) is 1.43. The van der Waals surface area contributed by atoms with Gasteiger partial charge in [0.05, 0.1) is 12.6 Å². The molecule has 0 saturated heterocycles. The summed E-state index contributed by atoms with van der Waals surface area (Å²) in [6.07, 6.45) is 1.41. The molecule has 31 heavy (non-hydrogen) atoms. The molecule has 0 radical (unpaired) electrons. The van der Waals surface area contributed by atoms with Crippen molar-refractivity contribution < 1.29 is 9.13 Å². The van der Waals surface area contributed by atoms with Gasteiger partial charge in [-0.1, -0.05) is 6.07 Å². The van der Waals surface area contributed by atoms with Crippen LogP contribution >= 0.6 is 0 Å². The quantitative estimate of drug-likeness (QED) is 0.480. The third-order valence-electron chi connectivity index (χ3n) is 4.71. The Morgan fingerprint density at radius 2 is 1.87 bits per heavy atom. The predicted octanol–water partition coefficient (Wildman–Crippen LogP) is 3.59. The molecule has 0 aliphatic heterocycles. The zero-order valence-electron chi connectivity index (χ0n) is 16.3. The van der Waals surface area contributed by atoms with Crippen LogP contribution in [-0.4, -0.2) is 31.7 Å². The minimum absolute atomic E-state index is 0.224. The SMILES string of the molecule is COc1ccc(-c2nc3c4cc(F)ccc4nc(Nc4ccccnc4=O)n3n2)cc1. The number of aromatic nitrogens is 5. The van der Waals surface area contributed by atoms with Crippen LogP contribution in [0.15, 0.2) is 71.7 Å². The maximum absolute atomic E-state index is 14.0. The number of hydrogen-bond donors (Lipinski definition) is 1. The van der Waals surface area contributed by atoms with Crippen molar-refractivity contribution in [3.8, 4) is 17.1 Å². The molecule has 1 N–H and O–H groups in total. The lowest BCUT2D eigenvalue weighted by Gasteiger charge is -2.07. The zero-order valence-corrected chi connectivity index (χ0v) is 16.3. The van der Waals surface area contributed by atoms with Crippen molar-refractivity contribution in [1.29, 1.82) is 0 Å². The normalized spacial score (nSPS) is 11.0. The first-order valence-corrected chi connectivity index (χ1v) is 9.35. The van der Waals surface area contributed by atoms with E-state index < -0.39 is 11.4 Å². The number of ether oxygens (including phenoxy) is 1. The number of hydrogen-bond acceptors (Lipinski definition) is 7. The fourth-order valence-electron chi connectivity index (χ4n) is 3.19. The molecule has 0 fully saturated rings. The number of nitrogens with zero attached hydrogens (tertiary/aromatic N) is 5. The van der Waals surface area contributed by atoms with Gasteiger partial charge in [-0.25, -0.2) is 19.3 Å². The summed E-state index contributed by atoms with van der Waals surface area (Å²) in [6, 6.07) is 16.4. The van der Waals surface area contributed by atoms with Crippen LogP contribution in [0.4, 0.5) is 16.0 Å². The standard InChI is InChI=1S/C22H15FN6O2/c1-31-15-8-5-13(6-9-15)19-27-20-16-12-14(23)7-10-17(16)25-22(29(20)28-19)26-18-4-2-3-11-24-21(18)30/h2-12H,1H3,(H,24,25,26,30). The molecule has 0 saturated carbocycles. The molecule has 0 amide bonds. The minimum Gasteiger partial charge on any atom is -0.497 e. The predicted molar refractivity (Wildman–Crippen MR) is 114 cm³/mol. The van der Waals surface area contributed by atoms with E-state index in [0.29, 0.717) is 28.1 Å². The minimum atomic E-state index is -0.449. The van der Waals surface area contributed by atoms with Crippen LogP contribution in [0.25, 0.3) is 27.9 Å². The van der Waals surface area contributed by atoms with Gasteiger partial charge in [-0.2, -0.15) is 4.52 Å². The second-order valence-electron chi connectivity index (χ2n) is 6.67. The number of rotatable bonds is 4. The molecule has 0 unspecified atom stereocenters. The van der Waals surface area contributed by atoms with Gasteiger partial charge < -0.3 is 10.1 Å². The highest BCUT2D eigenvalue weighted by molar-refractivity contribution is 5.93. The van der Waals surface area contributed by atoms with Crippen molar-refractivity contribution in [3.05, 3.63) is 83.0 Å². The average molecular weight is 414 g/mol. The van der Waals surface area contributed by atoms with Crippen LogP contribution in [0.2, 0.25) is 0 Å². The van der Waals surface area contributed by atoms with Crippen LogP contribution < -0.4 is 15.6 Å². The number of nitrogens with one attached hydrogen (secondary N) is 1. The second kappa shape index (κ2) is 7.45. The van der Waals surface area contributed by atoms with Crippen LogP contribution in [0.3, 0.4) is 0 Å². The maximum Gasteiger partial charge on any atom is 0.293 e. The van der Waals surface area contributed by atoms with Crippen molar-refractivity contribution >= 4 is 28.2 Å². The summed E-state index contributed by atoms with van der Waals surface area (Å²) >= 11 is 0. The number of fused-ring (bicyclic) bond motifs is 3. The Morgan fingerprint density at radius 3 is 2.68 bits per heavy atom. The van der Waals surface area contributed by atoms with Crippen molar-refractivity contribution in [2.75, 3.05) is 12.4 Å². The highest BCUT2D eigenvalue weighted by Crippen LogP contribution is 2.26. The third kappa shape index (κ3) is 3.42. The smallest absolute Gasteiger partial charge is 0.293 e. The summed E-state index contributed by atoms with van der Waals surface area (Å²) in [4.78, 5) is 25.2. The Morgan fingerprint density at radius 1 is 1.03 bits per heavy atom. The Labute approximate surface area is 175 Å². The van der Waals surface area contributed by atoms with E-state index in [1.165, 1.54) is 22.8 Å². The first-order valence-electron chi connectivity index (χ1n) is 9.35. The van der Waals surface area contributed by atoms with Crippen LogP contribution in [0.1, 0.15) is 0 Å². The Bertz CT molecular complexity index is 1480. The molecule has 5 rings (SSSR count). The monoisotopic (exact) mass is 414 g/mol. The van der Waals surface area contributed by atoms with E-state index in [1.54, 1.807) is 43.5 Å². The molecule has 0 bridgehead atoms. The fraction of sp³-hybridized carbons (Fsp3) is 0.0455. The lowest BCUT2D eigenvalue weighted by atomic mass is 10.2. The van der Waals surface area contributed by atoms with Gasteiger partial charge in [0.1, 0.15) is 17.3 Å². The third-order valence-corrected chi connectivity index (χ3v) is 4.71. The lowest BCUT2D eigenvalue weighted by Crippen LogP contribution is -2.11. The number of benzene rings is 2. The fourth-order valence-corrected chi connectivity index (χ4v) is 3.19. The Balaban J connectivity index is 1.74. The van der Waals surface area contributed by atoms with E-state index >= 15 is 0 Å². The first kappa shape index (κ1) is 18.6. The Kier molecular flexibility index (Phi) is 4.47. The molecule has 3 aromatic heterocycles. The van der Waals surface area contributed by atoms with Crippen LogP contribution in [0, 0.1) is 5.82 Å². The van der Waals surface area contributed by atoms with Gasteiger partial charge in [0, 0.05) is 17.1 Å². The van der Waals surface area contributed by atoms with Gasteiger partial charge >= 0.3 is 0 Å². The summed E-state index contributed by atoms with van der Waals surface area (Å²) < 4.78 is 20.6. The molecular formula is C22H15FN6O2. The summed E-state index contributed by atoms with van der Waals surface area (Å²) in [5.74, 6) is 0.971. The largest absolute Gasteiger partial charge is 0.497 e. The topological polar surface area (TPSA) is 94.3 Å². The molecule has 9 heteroatoms. The molecule has 0 atom stereocenters. The van der Waals surface area contributed by atoms with Gasteiger partial charge in [0.15, 0.2) is 11.5 Å². The van der Waals surface area contributed by atoms with E-state index in [4.69, 9.17) is 4.74 Å². The first-order chi connectivity index (χ1) is 15.1. The van der Waals surface area contributed by atoms with Crippen LogP contribution in [-0.2, 0) is 0 Å². The van der Waals surface area contributed by atoms with Gasteiger partial charge in [0.2, 0.25) is 5.95 Å². The van der Waals surface area contributed by atoms with Gasteiger partial charge in [0.25, 0.3) is 5.56 Å². The second-order valence-corrected chi connectivity index (χ2v) is 6.67. The van der Waals surface area contributed by atoms with E-state index in [9.17, 15) is 9.18 Å². The number of anilines is 2. The molecular weight excluding hydrogens is 399 g/mol. The molecule has 2 aromatic carbocycles. The van der Waals surface area contributed by atoms with Crippen molar-refractivity contribution in [1.82, 2.24) is 24.6 Å². The van der Waals surface area contributed by atoms with E-state index in [2.05, 4.69) is 25.4 Å². The van der Waals surface area contributed by atoms with Gasteiger partial charge in [-0.15, -0.1) is 5.10 Å². The molecule has 0 spiro atoms.